The van der Waals surface area contributed by atoms with Crippen LogP contribution in [0.5, 0.6) is 0 Å². The van der Waals surface area contributed by atoms with Gasteiger partial charge in [0.15, 0.2) is 0 Å². The summed E-state index contributed by atoms with van der Waals surface area (Å²) in [6.07, 6.45) is 37.7. The zero-order valence-electron chi connectivity index (χ0n) is 33.4. The van der Waals surface area contributed by atoms with Gasteiger partial charge < -0.3 is 18.9 Å². The minimum Gasteiger partial charge on any atom is -0.457 e. The monoisotopic (exact) mass is 731 g/mol. The molecule has 2 unspecified atom stereocenters. The standard InChI is InChI=1S/C41H80NO7P/c1-6-8-10-12-14-16-18-19-20-21-22-23-25-27-29-31-33-36-46-38-40(39-48-50(44,45)47-37-35-42(3,4)5)49-41(43)34-32-30-28-26-24-17-15-13-11-9-7-2/h16,18,20-21,40H,6-15,17,19,22-39H2,1-5H3/p+1/b18-16-,21-20-. The molecule has 0 aliphatic heterocycles. The molecule has 0 aromatic carbocycles. The molecule has 8 nitrogen and oxygen atoms in total. The second kappa shape index (κ2) is 35.0. The van der Waals surface area contributed by atoms with Gasteiger partial charge in [-0.3, -0.25) is 13.8 Å². The molecule has 0 saturated carbocycles. The van der Waals surface area contributed by atoms with Gasteiger partial charge in [0.05, 0.1) is 34.4 Å². The summed E-state index contributed by atoms with van der Waals surface area (Å²) in [5.41, 5.74) is 0. The Labute approximate surface area is 309 Å². The summed E-state index contributed by atoms with van der Waals surface area (Å²) in [4.78, 5) is 22.8. The Bertz CT molecular complexity index is 858. The predicted molar refractivity (Wildman–Crippen MR) is 210 cm³/mol. The number of phosphoric acid groups is 1. The smallest absolute Gasteiger partial charge is 0.457 e. The third-order valence-corrected chi connectivity index (χ3v) is 9.75. The molecule has 0 spiro atoms. The van der Waals surface area contributed by atoms with Crippen LogP contribution in [0.3, 0.4) is 0 Å². The highest BCUT2D eigenvalue weighted by molar-refractivity contribution is 7.47. The second-order valence-electron chi connectivity index (χ2n) is 15.0. The molecule has 0 radical (unpaired) electrons. The van der Waals surface area contributed by atoms with Crippen molar-refractivity contribution in [1.82, 2.24) is 0 Å². The minimum atomic E-state index is -4.27. The van der Waals surface area contributed by atoms with Crippen LogP contribution < -0.4 is 0 Å². The van der Waals surface area contributed by atoms with E-state index in [4.69, 9.17) is 18.5 Å². The van der Waals surface area contributed by atoms with Crippen LogP contribution in [0.1, 0.15) is 174 Å². The van der Waals surface area contributed by atoms with Gasteiger partial charge in [-0.1, -0.05) is 147 Å². The third kappa shape index (κ3) is 38.2. The molecule has 50 heavy (non-hydrogen) atoms. The SMILES string of the molecule is CCCCCC/C=C\C/C=C\CCCCCCCCOCC(COP(=O)(O)OCC[N+](C)(C)C)OC(=O)CCCCCCCCCCCCC. The van der Waals surface area contributed by atoms with Crippen molar-refractivity contribution in [2.45, 2.75) is 180 Å². The van der Waals surface area contributed by atoms with Crippen LogP contribution in [0.25, 0.3) is 0 Å². The van der Waals surface area contributed by atoms with E-state index in [1.807, 2.05) is 21.1 Å². The summed E-state index contributed by atoms with van der Waals surface area (Å²) in [6.45, 7) is 5.58. The Hall–Kier alpha value is -1.02. The predicted octanol–water partition coefficient (Wildman–Crippen LogP) is 11.7. The Morgan fingerprint density at radius 1 is 0.620 bits per heavy atom. The van der Waals surface area contributed by atoms with Crippen molar-refractivity contribution in [3.8, 4) is 0 Å². The molecule has 0 aliphatic carbocycles. The quantitative estimate of drug-likeness (QED) is 0.0222. The Balaban J connectivity index is 4.25. The zero-order chi connectivity index (χ0) is 37.0. The normalized spacial score (nSPS) is 14.1. The molecule has 0 heterocycles. The maximum Gasteiger partial charge on any atom is 0.472 e. The zero-order valence-corrected chi connectivity index (χ0v) is 34.3. The van der Waals surface area contributed by atoms with Crippen molar-refractivity contribution < 1.29 is 37.3 Å². The fraction of sp³-hybridized carbons (Fsp3) is 0.878. The van der Waals surface area contributed by atoms with E-state index in [1.165, 1.54) is 109 Å². The molecule has 0 rings (SSSR count). The van der Waals surface area contributed by atoms with Crippen LogP contribution in [0.15, 0.2) is 24.3 Å². The van der Waals surface area contributed by atoms with Gasteiger partial charge in [0.25, 0.3) is 0 Å². The number of carbonyl (C=O) groups excluding carboxylic acids is 1. The first-order chi connectivity index (χ1) is 24.1. The highest BCUT2D eigenvalue weighted by atomic mass is 31.2. The van der Waals surface area contributed by atoms with E-state index in [-0.39, 0.29) is 25.8 Å². The van der Waals surface area contributed by atoms with E-state index in [1.54, 1.807) is 0 Å². The van der Waals surface area contributed by atoms with Gasteiger partial charge in [0, 0.05) is 13.0 Å². The van der Waals surface area contributed by atoms with Crippen LogP contribution in [0.2, 0.25) is 0 Å². The van der Waals surface area contributed by atoms with E-state index >= 15 is 0 Å². The summed E-state index contributed by atoms with van der Waals surface area (Å²) < 4.78 is 34.9. The molecule has 0 saturated heterocycles. The molecular formula is C41H81NO7P+. The van der Waals surface area contributed by atoms with Gasteiger partial charge in [-0.2, -0.15) is 0 Å². The number of allylic oxidation sites excluding steroid dienone is 4. The average Bonchev–Trinajstić information content (AvgIpc) is 3.06. The molecule has 0 fully saturated rings. The average molecular weight is 731 g/mol. The number of phosphoric ester groups is 1. The summed E-state index contributed by atoms with van der Waals surface area (Å²) in [5, 5.41) is 0. The number of unbranched alkanes of at least 4 members (excludes halogenated alkanes) is 20. The van der Waals surface area contributed by atoms with Gasteiger partial charge in [-0.15, -0.1) is 0 Å². The van der Waals surface area contributed by atoms with Crippen LogP contribution >= 0.6 is 7.82 Å². The number of quaternary nitrogens is 1. The van der Waals surface area contributed by atoms with Crippen LogP contribution in [0, 0.1) is 0 Å². The van der Waals surface area contributed by atoms with Crippen LogP contribution in [-0.2, 0) is 27.9 Å². The molecule has 9 heteroatoms. The molecule has 0 amide bonds. The molecular weight excluding hydrogens is 649 g/mol. The number of nitrogens with zero attached hydrogens (tertiary/aromatic N) is 1. The number of esters is 1. The molecule has 0 aromatic rings. The Morgan fingerprint density at radius 2 is 1.10 bits per heavy atom. The van der Waals surface area contributed by atoms with Gasteiger partial charge in [-0.25, -0.2) is 4.57 Å². The lowest BCUT2D eigenvalue weighted by molar-refractivity contribution is -0.870. The van der Waals surface area contributed by atoms with Gasteiger partial charge in [0.2, 0.25) is 0 Å². The van der Waals surface area contributed by atoms with Crippen molar-refractivity contribution in [2.75, 3.05) is 54.1 Å². The van der Waals surface area contributed by atoms with Gasteiger partial charge in [0.1, 0.15) is 19.3 Å². The molecule has 296 valence electrons. The second-order valence-corrected chi connectivity index (χ2v) is 16.5. The highest BCUT2D eigenvalue weighted by Gasteiger charge is 2.26. The molecule has 2 atom stereocenters. The van der Waals surface area contributed by atoms with Crippen molar-refractivity contribution >= 4 is 13.8 Å². The van der Waals surface area contributed by atoms with Crippen molar-refractivity contribution in [3.63, 3.8) is 0 Å². The largest absolute Gasteiger partial charge is 0.472 e. The fourth-order valence-corrected chi connectivity index (χ4v) is 6.26. The number of hydrogen-bond acceptors (Lipinski definition) is 6. The van der Waals surface area contributed by atoms with Gasteiger partial charge >= 0.3 is 13.8 Å². The fourth-order valence-electron chi connectivity index (χ4n) is 5.52. The maximum atomic E-state index is 12.6. The molecule has 1 N–H and O–H groups in total. The van der Waals surface area contributed by atoms with E-state index in [0.29, 0.717) is 24.1 Å². The van der Waals surface area contributed by atoms with Crippen molar-refractivity contribution in [3.05, 3.63) is 24.3 Å². The highest BCUT2D eigenvalue weighted by Crippen LogP contribution is 2.43. The Morgan fingerprint density at radius 3 is 1.64 bits per heavy atom. The summed E-state index contributed by atoms with van der Waals surface area (Å²) in [7, 11) is 1.66. The number of rotatable bonds is 38. The van der Waals surface area contributed by atoms with E-state index in [0.717, 1.165) is 44.9 Å². The lowest BCUT2D eigenvalue weighted by atomic mass is 10.1. The Kier molecular flexibility index (Phi) is 34.3. The molecule has 0 aromatic heterocycles. The molecule has 0 aliphatic rings. The number of ether oxygens (including phenoxy) is 2. The van der Waals surface area contributed by atoms with E-state index < -0.39 is 13.9 Å². The molecule has 0 bridgehead atoms. The van der Waals surface area contributed by atoms with Crippen molar-refractivity contribution in [1.29, 1.82) is 0 Å². The third-order valence-electron chi connectivity index (χ3n) is 8.77. The van der Waals surface area contributed by atoms with E-state index in [2.05, 4.69) is 38.2 Å². The summed E-state index contributed by atoms with van der Waals surface area (Å²) >= 11 is 0. The first-order valence-corrected chi connectivity index (χ1v) is 22.1. The number of hydrogen-bond donors (Lipinski definition) is 1. The first-order valence-electron chi connectivity index (χ1n) is 20.6. The van der Waals surface area contributed by atoms with Crippen LogP contribution in [0.4, 0.5) is 0 Å². The van der Waals surface area contributed by atoms with E-state index in [9.17, 15) is 14.3 Å². The van der Waals surface area contributed by atoms with Gasteiger partial charge in [-0.05, 0) is 44.9 Å². The van der Waals surface area contributed by atoms with Crippen molar-refractivity contribution in [2.24, 2.45) is 0 Å². The lowest BCUT2D eigenvalue weighted by Gasteiger charge is -2.24. The summed E-state index contributed by atoms with van der Waals surface area (Å²) in [6, 6.07) is 0. The lowest BCUT2D eigenvalue weighted by Crippen LogP contribution is -2.37. The maximum absolute atomic E-state index is 12.6. The van der Waals surface area contributed by atoms with Crippen LogP contribution in [-0.4, -0.2) is 75.6 Å². The topological polar surface area (TPSA) is 91.3 Å². The number of likely N-dealkylation sites (N-methyl/N-ethyl adjacent to an activating group) is 1. The summed E-state index contributed by atoms with van der Waals surface area (Å²) in [5.74, 6) is -0.319. The number of carbonyl (C=O) groups is 1. The minimum absolute atomic E-state index is 0.0880. The first kappa shape index (κ1) is 49.0.